The molecule has 1 aromatic heterocycles. The Balaban J connectivity index is 1.96. The summed E-state index contributed by atoms with van der Waals surface area (Å²) in [6.45, 7) is 1.89. The monoisotopic (exact) mass is 348 g/mol. The zero-order valence-corrected chi connectivity index (χ0v) is 13.7. The van der Waals surface area contributed by atoms with E-state index in [9.17, 15) is 9.59 Å². The van der Waals surface area contributed by atoms with E-state index < -0.39 is 18.0 Å². The van der Waals surface area contributed by atoms with E-state index in [4.69, 9.17) is 22.1 Å². The van der Waals surface area contributed by atoms with Crippen LogP contribution in [0, 0.1) is 0 Å². The van der Waals surface area contributed by atoms with Crippen LogP contribution in [0.1, 0.15) is 12.6 Å². The Bertz CT molecular complexity index is 725. The molecule has 0 saturated carbocycles. The number of hydrogen-bond donors (Lipinski definition) is 3. The third kappa shape index (κ3) is 5.13. The third-order valence-electron chi connectivity index (χ3n) is 3.06. The molecule has 0 aliphatic carbocycles. The van der Waals surface area contributed by atoms with Crippen LogP contribution in [0.15, 0.2) is 42.6 Å². The van der Waals surface area contributed by atoms with Crippen LogP contribution in [-0.4, -0.2) is 23.0 Å². The number of ether oxygens (including phenoxy) is 1. The largest absolute Gasteiger partial charge is 0.486 e. The second kappa shape index (κ2) is 8.16. The third-order valence-corrected chi connectivity index (χ3v) is 3.35. The second-order valence-corrected chi connectivity index (χ2v) is 5.38. The number of amides is 3. The van der Waals surface area contributed by atoms with E-state index in [1.54, 1.807) is 31.3 Å². The van der Waals surface area contributed by atoms with E-state index >= 15 is 0 Å². The van der Waals surface area contributed by atoms with Crippen molar-refractivity contribution in [2.24, 2.45) is 5.73 Å². The first-order valence-electron chi connectivity index (χ1n) is 7.15. The first kappa shape index (κ1) is 17.6. The Morgan fingerprint density at radius 1 is 1.33 bits per heavy atom. The van der Waals surface area contributed by atoms with E-state index in [1.807, 2.05) is 23.5 Å². The lowest BCUT2D eigenvalue weighted by Gasteiger charge is -2.15. The van der Waals surface area contributed by atoms with Gasteiger partial charge < -0.3 is 15.8 Å². The fourth-order valence-electron chi connectivity index (χ4n) is 1.89. The van der Waals surface area contributed by atoms with Crippen LogP contribution in [0.4, 0.5) is 10.5 Å². The second-order valence-electron chi connectivity index (χ2n) is 4.97. The number of carbonyl (C=O) groups excluding carboxylic acids is 2. The number of nitrogens with two attached hydrogens (primary N) is 1. The Morgan fingerprint density at radius 2 is 2.12 bits per heavy atom. The van der Waals surface area contributed by atoms with Gasteiger partial charge in [-0.1, -0.05) is 17.7 Å². The average molecular weight is 349 g/mol. The number of nitrogens with zero attached hydrogens (tertiary/aromatic N) is 1. The molecule has 1 unspecified atom stereocenters. The topological polar surface area (TPSA) is 106 Å². The molecule has 0 radical (unpaired) electrons. The van der Waals surface area contributed by atoms with Gasteiger partial charge in [-0.15, -0.1) is 0 Å². The van der Waals surface area contributed by atoms with E-state index in [1.165, 1.54) is 0 Å². The Morgan fingerprint density at radius 3 is 2.75 bits per heavy atom. The molecule has 0 spiro atoms. The smallest absolute Gasteiger partial charge is 0.318 e. The molecule has 0 saturated heterocycles. The maximum absolute atomic E-state index is 11.6. The van der Waals surface area contributed by atoms with E-state index in [0.717, 1.165) is 5.69 Å². The van der Waals surface area contributed by atoms with Gasteiger partial charge in [0.15, 0.2) is 0 Å². The van der Waals surface area contributed by atoms with Crippen molar-refractivity contribution in [1.82, 2.24) is 10.3 Å². The number of rotatable bonds is 6. The summed E-state index contributed by atoms with van der Waals surface area (Å²) in [5.74, 6) is -0.0313. The minimum Gasteiger partial charge on any atom is -0.486 e. The molecular formula is C16H17ClN4O3. The molecule has 0 aliphatic rings. The molecule has 1 atom stereocenters. The number of nitrogens with one attached hydrogen (secondary N) is 2. The van der Waals surface area contributed by atoms with Gasteiger partial charge in [0.1, 0.15) is 18.4 Å². The van der Waals surface area contributed by atoms with Gasteiger partial charge in [-0.05, 0) is 37.3 Å². The molecular weight excluding hydrogens is 332 g/mol. The predicted octanol–water partition coefficient (Wildman–Crippen LogP) is 2.31. The number of benzene rings is 1. The summed E-state index contributed by atoms with van der Waals surface area (Å²) >= 11 is 6.18. The van der Waals surface area contributed by atoms with Gasteiger partial charge in [0.2, 0.25) is 5.91 Å². The highest BCUT2D eigenvalue weighted by molar-refractivity contribution is 6.32. The first-order chi connectivity index (χ1) is 11.5. The van der Waals surface area contributed by atoms with Gasteiger partial charge in [0.05, 0.1) is 10.7 Å². The number of aromatic nitrogens is 1. The molecule has 1 aromatic carbocycles. The highest BCUT2D eigenvalue weighted by atomic mass is 35.5. The maximum atomic E-state index is 11.6. The number of anilines is 1. The van der Waals surface area contributed by atoms with Gasteiger partial charge in [-0.3, -0.25) is 15.1 Å². The number of hydrogen-bond acceptors (Lipinski definition) is 5. The highest BCUT2D eigenvalue weighted by Gasteiger charge is 2.14. The van der Waals surface area contributed by atoms with E-state index in [0.29, 0.717) is 23.1 Å². The molecule has 2 aromatic rings. The van der Waals surface area contributed by atoms with Crippen LogP contribution in [-0.2, 0) is 11.4 Å². The van der Waals surface area contributed by atoms with Crippen molar-refractivity contribution in [2.75, 3.05) is 5.32 Å². The van der Waals surface area contributed by atoms with E-state index in [-0.39, 0.29) is 0 Å². The Kier molecular flexibility index (Phi) is 5.97. The van der Waals surface area contributed by atoms with Gasteiger partial charge in [0, 0.05) is 11.9 Å². The minimum absolute atomic E-state index is 0.296. The number of imide groups is 1. The Labute approximate surface area is 144 Å². The minimum atomic E-state index is -0.898. The normalized spacial score (nSPS) is 11.4. The summed E-state index contributed by atoms with van der Waals surface area (Å²) in [5, 5.41) is 5.30. The summed E-state index contributed by atoms with van der Waals surface area (Å²) < 4.78 is 5.62. The number of pyridine rings is 1. The molecule has 126 valence electrons. The molecule has 4 N–H and O–H groups in total. The summed E-state index contributed by atoms with van der Waals surface area (Å²) in [6.07, 6.45) is 1.69. The Hall–Kier alpha value is -2.80. The van der Waals surface area contributed by atoms with Crippen LogP contribution in [0.5, 0.6) is 5.75 Å². The predicted molar refractivity (Wildman–Crippen MR) is 90.8 cm³/mol. The molecule has 1 heterocycles. The summed E-state index contributed by atoms with van der Waals surface area (Å²) in [5.41, 5.74) is 6.30. The molecule has 0 fully saturated rings. The first-order valence-corrected chi connectivity index (χ1v) is 7.52. The van der Waals surface area contributed by atoms with Crippen molar-refractivity contribution >= 4 is 29.2 Å². The van der Waals surface area contributed by atoms with Crippen molar-refractivity contribution in [3.8, 4) is 5.75 Å². The summed E-state index contributed by atoms with van der Waals surface area (Å²) in [7, 11) is 0. The zero-order chi connectivity index (χ0) is 17.5. The SMILES string of the molecule is CC(Nc1ccc(OCc2ccccn2)c(Cl)c1)C(=O)NC(N)=O. The molecule has 2 rings (SSSR count). The molecule has 24 heavy (non-hydrogen) atoms. The average Bonchev–Trinajstić information content (AvgIpc) is 2.54. The van der Waals surface area contributed by atoms with Gasteiger partial charge in [0.25, 0.3) is 0 Å². The standard InChI is InChI=1S/C16H17ClN4O3/c1-10(15(22)21-16(18)23)20-11-5-6-14(13(17)8-11)24-9-12-4-2-3-7-19-12/h2-8,10,20H,9H2,1H3,(H3,18,21,22,23). The van der Waals surface area contributed by atoms with Gasteiger partial charge in [-0.25, -0.2) is 4.79 Å². The number of halogens is 1. The number of urea groups is 1. The van der Waals surface area contributed by atoms with E-state index in [2.05, 4.69) is 10.3 Å². The molecule has 8 heteroatoms. The molecule has 7 nitrogen and oxygen atoms in total. The quantitative estimate of drug-likeness (QED) is 0.742. The fraction of sp³-hybridized carbons (Fsp3) is 0.188. The van der Waals surface area contributed by atoms with Crippen LogP contribution in [0.2, 0.25) is 5.02 Å². The maximum Gasteiger partial charge on any atom is 0.318 e. The molecule has 0 aliphatic heterocycles. The van der Waals surface area contributed by atoms with Crippen molar-refractivity contribution in [1.29, 1.82) is 0 Å². The summed E-state index contributed by atoms with van der Waals surface area (Å²) in [4.78, 5) is 26.5. The van der Waals surface area contributed by atoms with Crippen molar-refractivity contribution in [3.05, 3.63) is 53.3 Å². The van der Waals surface area contributed by atoms with Crippen LogP contribution >= 0.6 is 11.6 Å². The van der Waals surface area contributed by atoms with Crippen molar-refractivity contribution in [2.45, 2.75) is 19.6 Å². The van der Waals surface area contributed by atoms with Crippen molar-refractivity contribution < 1.29 is 14.3 Å². The number of carbonyl (C=O) groups is 2. The number of primary amides is 1. The molecule has 3 amide bonds. The summed E-state index contributed by atoms with van der Waals surface area (Å²) in [6, 6.07) is 9.02. The fourth-order valence-corrected chi connectivity index (χ4v) is 2.12. The van der Waals surface area contributed by atoms with Crippen LogP contribution in [0.25, 0.3) is 0 Å². The van der Waals surface area contributed by atoms with Gasteiger partial charge in [-0.2, -0.15) is 0 Å². The van der Waals surface area contributed by atoms with Crippen molar-refractivity contribution in [3.63, 3.8) is 0 Å². The lowest BCUT2D eigenvalue weighted by Crippen LogP contribution is -2.43. The lowest BCUT2D eigenvalue weighted by molar-refractivity contribution is -0.120. The lowest BCUT2D eigenvalue weighted by atomic mass is 10.2. The van der Waals surface area contributed by atoms with Crippen LogP contribution < -0.4 is 21.1 Å². The highest BCUT2D eigenvalue weighted by Crippen LogP contribution is 2.28. The van der Waals surface area contributed by atoms with Gasteiger partial charge >= 0.3 is 6.03 Å². The zero-order valence-electron chi connectivity index (χ0n) is 13.0. The molecule has 0 bridgehead atoms. The van der Waals surface area contributed by atoms with Crippen LogP contribution in [0.3, 0.4) is 0 Å².